The minimum Gasteiger partial charge on any atom is -0.480 e. The Balaban J connectivity index is 1.22. The highest BCUT2D eigenvalue weighted by atomic mass is 16.5. The fourth-order valence-electron chi connectivity index (χ4n) is 6.19. The summed E-state index contributed by atoms with van der Waals surface area (Å²) in [6.07, 6.45) is 3.01. The summed E-state index contributed by atoms with van der Waals surface area (Å²) in [4.78, 5) is 25.8. The van der Waals surface area contributed by atoms with Gasteiger partial charge in [0.25, 0.3) is 5.91 Å². The van der Waals surface area contributed by atoms with E-state index in [2.05, 4.69) is 17.6 Å². The van der Waals surface area contributed by atoms with E-state index < -0.39 is 29.4 Å². The van der Waals surface area contributed by atoms with Gasteiger partial charge in [0.2, 0.25) is 5.91 Å². The summed E-state index contributed by atoms with van der Waals surface area (Å²) in [5.74, 6) is 1.04. The van der Waals surface area contributed by atoms with Crippen LogP contribution in [0, 0.1) is 18.8 Å². The topological polar surface area (TPSA) is 108 Å². The Bertz CT molecular complexity index is 917. The van der Waals surface area contributed by atoms with Gasteiger partial charge in [-0.05, 0) is 69.9 Å². The van der Waals surface area contributed by atoms with E-state index in [9.17, 15) is 19.8 Å². The summed E-state index contributed by atoms with van der Waals surface area (Å²) in [7, 11) is 0. The molecule has 2 amide bonds. The number of carbonyl (C=O) groups is 2. The quantitative estimate of drug-likeness (QED) is 0.572. The highest BCUT2D eigenvalue weighted by Gasteiger charge is 2.56. The summed E-state index contributed by atoms with van der Waals surface area (Å²) in [6, 6.07) is 5.60. The number of carbonyl (C=O) groups excluding carboxylic acids is 2. The molecule has 1 aromatic carbocycles. The Labute approximate surface area is 188 Å². The number of amides is 2. The average Bonchev–Trinajstić information content (AvgIpc) is 2.73. The molecule has 0 aromatic heterocycles. The Morgan fingerprint density at radius 2 is 1.75 bits per heavy atom. The molecule has 1 heterocycles. The third kappa shape index (κ3) is 3.69. The van der Waals surface area contributed by atoms with Crippen LogP contribution in [-0.2, 0) is 9.59 Å². The van der Waals surface area contributed by atoms with Crippen LogP contribution >= 0.6 is 0 Å². The third-order valence-corrected chi connectivity index (χ3v) is 8.35. The first-order valence-electron chi connectivity index (χ1n) is 12.0. The van der Waals surface area contributed by atoms with Crippen LogP contribution in [0.5, 0.6) is 5.75 Å². The first kappa shape index (κ1) is 21.7. The lowest BCUT2D eigenvalue weighted by Gasteiger charge is -2.57. The predicted octanol–water partition coefficient (Wildman–Crippen LogP) is 2.27. The second-order valence-electron chi connectivity index (χ2n) is 10.8. The van der Waals surface area contributed by atoms with Crippen molar-refractivity contribution in [3.8, 4) is 5.75 Å². The van der Waals surface area contributed by atoms with Crippen molar-refractivity contribution in [2.75, 3.05) is 0 Å². The molecule has 5 aliphatic rings. The van der Waals surface area contributed by atoms with Crippen molar-refractivity contribution >= 4 is 11.8 Å². The number of nitrogens with one attached hydrogen (secondary N) is 2. The number of aryl methyl sites for hydroxylation is 1. The van der Waals surface area contributed by atoms with Crippen molar-refractivity contribution in [2.45, 2.75) is 94.6 Å². The van der Waals surface area contributed by atoms with Gasteiger partial charge < -0.3 is 25.6 Å². The monoisotopic (exact) mass is 442 g/mol. The number of aliphatic hydroxyl groups excluding tert-OH is 2. The Morgan fingerprint density at radius 3 is 2.41 bits per heavy atom. The molecule has 174 valence electrons. The van der Waals surface area contributed by atoms with Gasteiger partial charge in [-0.25, -0.2) is 0 Å². The largest absolute Gasteiger partial charge is 0.480 e. The highest BCUT2D eigenvalue weighted by molar-refractivity contribution is 5.83. The zero-order valence-electron chi connectivity index (χ0n) is 18.9. The van der Waals surface area contributed by atoms with Crippen LogP contribution in [0.15, 0.2) is 18.2 Å². The van der Waals surface area contributed by atoms with E-state index in [0.717, 1.165) is 24.0 Å². The molecule has 0 unspecified atom stereocenters. The lowest BCUT2D eigenvalue weighted by molar-refractivity contribution is -0.143. The lowest BCUT2D eigenvalue weighted by atomic mass is 9.59. The molecule has 1 aromatic rings. The van der Waals surface area contributed by atoms with Gasteiger partial charge in [-0.2, -0.15) is 0 Å². The summed E-state index contributed by atoms with van der Waals surface area (Å²) in [5, 5.41) is 27.9. The zero-order valence-corrected chi connectivity index (χ0v) is 18.9. The summed E-state index contributed by atoms with van der Waals surface area (Å²) in [6.45, 7) is 4.11. The SMILES string of the molecule is Cc1ccc2c(c1)[C@H](O)C[C@H](C(=O)NC13CCC(NC(=O)C4CC(C)C4)(CC1)[C@@H](O)C3)O2. The molecule has 0 radical (unpaired) electrons. The van der Waals surface area contributed by atoms with E-state index in [1.165, 1.54) is 0 Å². The molecule has 6 rings (SSSR count). The third-order valence-electron chi connectivity index (χ3n) is 8.35. The number of hydrogen-bond acceptors (Lipinski definition) is 5. The van der Waals surface area contributed by atoms with Gasteiger partial charge in [-0.1, -0.05) is 18.6 Å². The predicted molar refractivity (Wildman–Crippen MR) is 118 cm³/mol. The fourth-order valence-corrected chi connectivity index (χ4v) is 6.19. The van der Waals surface area contributed by atoms with Gasteiger partial charge in [0.15, 0.2) is 6.10 Å². The number of hydrogen-bond donors (Lipinski definition) is 4. The number of ether oxygens (including phenoxy) is 1. The van der Waals surface area contributed by atoms with E-state index >= 15 is 0 Å². The van der Waals surface area contributed by atoms with Gasteiger partial charge in [0, 0.05) is 23.4 Å². The van der Waals surface area contributed by atoms with Crippen LogP contribution in [0.25, 0.3) is 0 Å². The van der Waals surface area contributed by atoms with Gasteiger partial charge >= 0.3 is 0 Å². The van der Waals surface area contributed by atoms with Crippen LogP contribution in [0.1, 0.15) is 75.5 Å². The molecular formula is C25H34N2O5. The summed E-state index contributed by atoms with van der Waals surface area (Å²) in [5.41, 5.74) is 0.695. The second kappa shape index (κ2) is 7.73. The van der Waals surface area contributed by atoms with Crippen LogP contribution in [0.2, 0.25) is 0 Å². The van der Waals surface area contributed by atoms with Crippen LogP contribution < -0.4 is 15.4 Å². The molecule has 4 saturated carbocycles. The zero-order chi connectivity index (χ0) is 22.7. The van der Waals surface area contributed by atoms with E-state index in [1.54, 1.807) is 6.07 Å². The standard InChI is InChI=1S/C25H34N2O5/c1-14-3-4-19-17(11-14)18(28)12-20(32-19)23(31)26-24-5-7-25(8-6-24,21(29)13-24)27-22(30)16-9-15(2)10-16/h3-4,11,15-16,18,20-21,28-29H,5-10,12-13H2,1-2H3,(H,26,31)(H,27,30)/t15?,16?,18-,20-,21+,24?,25?/m1/s1. The Hall–Kier alpha value is -2.12. The Kier molecular flexibility index (Phi) is 5.25. The molecule has 7 nitrogen and oxygen atoms in total. The van der Waals surface area contributed by atoms with Crippen molar-refractivity contribution in [1.29, 1.82) is 0 Å². The number of benzene rings is 1. The van der Waals surface area contributed by atoms with E-state index in [4.69, 9.17) is 4.74 Å². The van der Waals surface area contributed by atoms with Crippen molar-refractivity contribution < 1.29 is 24.5 Å². The lowest BCUT2D eigenvalue weighted by Crippen LogP contribution is -2.71. The van der Waals surface area contributed by atoms with Crippen molar-refractivity contribution in [1.82, 2.24) is 10.6 Å². The smallest absolute Gasteiger partial charge is 0.261 e. The maximum Gasteiger partial charge on any atom is 0.261 e. The summed E-state index contributed by atoms with van der Waals surface area (Å²) >= 11 is 0. The van der Waals surface area contributed by atoms with Crippen LogP contribution in [-0.4, -0.2) is 45.3 Å². The maximum absolute atomic E-state index is 13.1. The minimum atomic E-state index is -0.763. The molecule has 1 aliphatic heterocycles. The molecule has 32 heavy (non-hydrogen) atoms. The number of fused-ring (bicyclic) bond motifs is 4. The van der Waals surface area contributed by atoms with Crippen molar-refractivity contribution in [3.63, 3.8) is 0 Å². The molecule has 3 atom stereocenters. The number of rotatable bonds is 4. The second-order valence-corrected chi connectivity index (χ2v) is 10.8. The molecule has 0 saturated heterocycles. The molecule has 4 N–H and O–H groups in total. The van der Waals surface area contributed by atoms with E-state index in [1.807, 2.05) is 19.1 Å². The van der Waals surface area contributed by atoms with Crippen LogP contribution in [0.4, 0.5) is 0 Å². The average molecular weight is 443 g/mol. The van der Waals surface area contributed by atoms with E-state index in [-0.39, 0.29) is 24.2 Å². The maximum atomic E-state index is 13.1. The van der Waals surface area contributed by atoms with Crippen LogP contribution in [0.3, 0.4) is 0 Å². The molecule has 4 aliphatic carbocycles. The van der Waals surface area contributed by atoms with Gasteiger partial charge in [0.05, 0.1) is 17.7 Å². The first-order chi connectivity index (χ1) is 15.2. The summed E-state index contributed by atoms with van der Waals surface area (Å²) < 4.78 is 5.92. The Morgan fingerprint density at radius 1 is 1.03 bits per heavy atom. The highest BCUT2D eigenvalue weighted by Crippen LogP contribution is 2.48. The molecule has 0 spiro atoms. The molecule has 4 fully saturated rings. The van der Waals surface area contributed by atoms with Gasteiger partial charge in [-0.15, -0.1) is 0 Å². The van der Waals surface area contributed by atoms with Crippen molar-refractivity contribution in [3.05, 3.63) is 29.3 Å². The fraction of sp³-hybridized carbons (Fsp3) is 0.680. The molecular weight excluding hydrogens is 408 g/mol. The normalized spacial score (nSPS) is 39.9. The molecule has 2 bridgehead atoms. The molecule has 7 heteroatoms. The first-order valence-corrected chi connectivity index (χ1v) is 12.0. The van der Waals surface area contributed by atoms with E-state index in [0.29, 0.717) is 43.8 Å². The van der Waals surface area contributed by atoms with Gasteiger partial charge in [-0.3, -0.25) is 9.59 Å². The van der Waals surface area contributed by atoms with Crippen molar-refractivity contribution in [2.24, 2.45) is 11.8 Å². The minimum absolute atomic E-state index is 0.0686. The van der Waals surface area contributed by atoms with Gasteiger partial charge in [0.1, 0.15) is 5.75 Å². The number of aliphatic hydroxyl groups is 2.